The number of hydrogen-bond acceptors (Lipinski definition) is 3. The van der Waals surface area contributed by atoms with Crippen LogP contribution in [-0.2, 0) is 11.3 Å². The molecule has 2 aromatic rings. The van der Waals surface area contributed by atoms with Crippen LogP contribution in [0.1, 0.15) is 24.1 Å². The Morgan fingerprint density at radius 2 is 2.11 bits per heavy atom. The molecule has 0 aliphatic carbocycles. The molecule has 0 aliphatic heterocycles. The Hall–Kier alpha value is -1.94. The van der Waals surface area contributed by atoms with Crippen molar-refractivity contribution in [2.45, 2.75) is 19.6 Å². The van der Waals surface area contributed by atoms with E-state index in [0.29, 0.717) is 6.61 Å². The highest BCUT2D eigenvalue weighted by atomic mass is 19.1. The summed E-state index contributed by atoms with van der Waals surface area (Å²) in [7, 11) is 1.66. The maximum absolute atomic E-state index is 13.2. The van der Waals surface area contributed by atoms with Crippen molar-refractivity contribution in [1.82, 2.24) is 4.98 Å². The first-order valence-electron chi connectivity index (χ1n) is 6.14. The van der Waals surface area contributed by atoms with E-state index >= 15 is 0 Å². The van der Waals surface area contributed by atoms with Gasteiger partial charge in [0.15, 0.2) is 0 Å². The van der Waals surface area contributed by atoms with Crippen LogP contribution in [0.4, 0.5) is 10.1 Å². The van der Waals surface area contributed by atoms with Crippen LogP contribution in [0.25, 0.3) is 0 Å². The van der Waals surface area contributed by atoms with Crippen LogP contribution >= 0.6 is 0 Å². The molecule has 3 nitrogen and oxygen atoms in total. The molecule has 0 radical (unpaired) electrons. The molecule has 0 spiro atoms. The number of ether oxygens (including phenoxy) is 1. The average Bonchev–Trinajstić information content (AvgIpc) is 2.41. The SMILES string of the molecule is COCc1ccccc1NC(C)c1cncc(F)c1. The molecule has 100 valence electrons. The summed E-state index contributed by atoms with van der Waals surface area (Å²) < 4.78 is 18.3. The normalized spacial score (nSPS) is 12.2. The number of anilines is 1. The lowest BCUT2D eigenvalue weighted by atomic mass is 10.1. The van der Waals surface area contributed by atoms with Crippen LogP contribution in [0, 0.1) is 5.82 Å². The Morgan fingerprint density at radius 3 is 2.84 bits per heavy atom. The predicted molar refractivity (Wildman–Crippen MR) is 73.4 cm³/mol. The molecule has 1 aromatic heterocycles. The molecule has 0 fully saturated rings. The third-order valence-electron chi connectivity index (χ3n) is 2.92. The first-order valence-corrected chi connectivity index (χ1v) is 6.14. The number of para-hydroxylation sites is 1. The smallest absolute Gasteiger partial charge is 0.141 e. The Kier molecular flexibility index (Phi) is 4.47. The number of hydrogen-bond donors (Lipinski definition) is 1. The molecule has 0 saturated carbocycles. The minimum absolute atomic E-state index is 0.0267. The quantitative estimate of drug-likeness (QED) is 0.892. The molecular weight excluding hydrogens is 243 g/mol. The summed E-state index contributed by atoms with van der Waals surface area (Å²) in [5, 5.41) is 3.35. The first-order chi connectivity index (χ1) is 9.20. The van der Waals surface area contributed by atoms with Crippen LogP contribution in [0.3, 0.4) is 0 Å². The minimum atomic E-state index is -0.323. The van der Waals surface area contributed by atoms with Gasteiger partial charge in [-0.3, -0.25) is 4.98 Å². The second kappa shape index (κ2) is 6.29. The standard InChI is InChI=1S/C15H17FN2O/c1-11(13-7-14(16)9-17-8-13)18-15-6-4-3-5-12(15)10-19-2/h3-9,11,18H,10H2,1-2H3. The van der Waals surface area contributed by atoms with Crippen LogP contribution in [0.2, 0.25) is 0 Å². The summed E-state index contributed by atoms with van der Waals surface area (Å²) in [6, 6.07) is 9.37. The Labute approximate surface area is 112 Å². The summed E-state index contributed by atoms with van der Waals surface area (Å²) >= 11 is 0. The summed E-state index contributed by atoms with van der Waals surface area (Å²) in [5.74, 6) is -0.323. The Morgan fingerprint density at radius 1 is 1.32 bits per heavy atom. The van der Waals surface area contributed by atoms with E-state index in [-0.39, 0.29) is 11.9 Å². The fraction of sp³-hybridized carbons (Fsp3) is 0.267. The number of rotatable bonds is 5. The zero-order valence-electron chi connectivity index (χ0n) is 11.1. The van der Waals surface area contributed by atoms with Gasteiger partial charge in [-0.1, -0.05) is 18.2 Å². The summed E-state index contributed by atoms with van der Waals surface area (Å²) in [6.45, 7) is 2.51. The van der Waals surface area contributed by atoms with Gasteiger partial charge in [0, 0.05) is 24.6 Å². The van der Waals surface area contributed by atoms with Crippen molar-refractivity contribution in [1.29, 1.82) is 0 Å². The average molecular weight is 260 g/mol. The van der Waals surface area contributed by atoms with Gasteiger partial charge in [0.2, 0.25) is 0 Å². The van der Waals surface area contributed by atoms with Crippen molar-refractivity contribution >= 4 is 5.69 Å². The maximum atomic E-state index is 13.2. The summed E-state index contributed by atoms with van der Waals surface area (Å²) in [5.41, 5.74) is 2.87. The highest BCUT2D eigenvalue weighted by Crippen LogP contribution is 2.22. The molecule has 0 saturated heterocycles. The number of methoxy groups -OCH3 is 1. The minimum Gasteiger partial charge on any atom is -0.380 e. The van der Waals surface area contributed by atoms with E-state index in [1.165, 1.54) is 12.3 Å². The molecule has 1 heterocycles. The first kappa shape index (κ1) is 13.5. The van der Waals surface area contributed by atoms with Crippen LogP contribution in [-0.4, -0.2) is 12.1 Å². The number of benzene rings is 1. The number of pyridine rings is 1. The van der Waals surface area contributed by atoms with Crippen molar-refractivity contribution in [2.24, 2.45) is 0 Å². The van der Waals surface area contributed by atoms with Gasteiger partial charge in [-0.15, -0.1) is 0 Å². The largest absolute Gasteiger partial charge is 0.380 e. The summed E-state index contributed by atoms with van der Waals surface area (Å²) in [6.07, 6.45) is 2.87. The zero-order valence-corrected chi connectivity index (χ0v) is 11.1. The van der Waals surface area contributed by atoms with Gasteiger partial charge in [-0.25, -0.2) is 4.39 Å². The lowest BCUT2D eigenvalue weighted by molar-refractivity contribution is 0.185. The Balaban J connectivity index is 2.16. The molecule has 1 unspecified atom stereocenters. The zero-order chi connectivity index (χ0) is 13.7. The van der Waals surface area contributed by atoms with E-state index in [1.54, 1.807) is 13.3 Å². The lowest BCUT2D eigenvalue weighted by Crippen LogP contribution is -2.09. The van der Waals surface area contributed by atoms with Crippen molar-refractivity contribution in [3.8, 4) is 0 Å². The molecule has 0 amide bonds. The third-order valence-corrected chi connectivity index (χ3v) is 2.92. The van der Waals surface area contributed by atoms with Crippen LogP contribution in [0.5, 0.6) is 0 Å². The van der Waals surface area contributed by atoms with Gasteiger partial charge in [0.25, 0.3) is 0 Å². The highest BCUT2D eigenvalue weighted by molar-refractivity contribution is 5.52. The molecular formula is C15H17FN2O. The fourth-order valence-electron chi connectivity index (χ4n) is 1.92. The van der Waals surface area contributed by atoms with Gasteiger partial charge in [-0.2, -0.15) is 0 Å². The van der Waals surface area contributed by atoms with E-state index in [2.05, 4.69) is 10.3 Å². The summed E-state index contributed by atoms with van der Waals surface area (Å²) in [4.78, 5) is 3.87. The molecule has 1 aromatic carbocycles. The maximum Gasteiger partial charge on any atom is 0.141 e. The van der Waals surface area contributed by atoms with Crippen LogP contribution in [0.15, 0.2) is 42.7 Å². The predicted octanol–water partition coefficient (Wildman–Crippen LogP) is 3.54. The molecule has 2 rings (SSSR count). The number of nitrogens with zero attached hydrogens (tertiary/aromatic N) is 1. The lowest BCUT2D eigenvalue weighted by Gasteiger charge is -2.18. The Bertz CT molecular complexity index is 545. The topological polar surface area (TPSA) is 34.1 Å². The molecule has 19 heavy (non-hydrogen) atoms. The highest BCUT2D eigenvalue weighted by Gasteiger charge is 2.09. The van der Waals surface area contributed by atoms with E-state index in [4.69, 9.17) is 4.74 Å². The molecule has 0 aliphatic rings. The van der Waals surface area contributed by atoms with Crippen molar-refractivity contribution < 1.29 is 9.13 Å². The number of nitrogens with one attached hydrogen (secondary N) is 1. The third kappa shape index (κ3) is 3.51. The van der Waals surface area contributed by atoms with Crippen LogP contribution < -0.4 is 5.32 Å². The second-order valence-electron chi connectivity index (χ2n) is 4.39. The van der Waals surface area contributed by atoms with E-state index in [1.807, 2.05) is 31.2 Å². The molecule has 4 heteroatoms. The molecule has 0 bridgehead atoms. The monoisotopic (exact) mass is 260 g/mol. The number of halogens is 1. The van der Waals surface area contributed by atoms with Crippen molar-refractivity contribution in [2.75, 3.05) is 12.4 Å². The van der Waals surface area contributed by atoms with Gasteiger partial charge in [0.1, 0.15) is 5.82 Å². The van der Waals surface area contributed by atoms with Crippen molar-refractivity contribution in [3.05, 3.63) is 59.7 Å². The molecule has 1 N–H and O–H groups in total. The van der Waals surface area contributed by atoms with Gasteiger partial charge >= 0.3 is 0 Å². The number of aromatic nitrogens is 1. The van der Waals surface area contributed by atoms with E-state index in [9.17, 15) is 4.39 Å². The molecule has 1 atom stereocenters. The van der Waals surface area contributed by atoms with E-state index in [0.717, 1.165) is 16.8 Å². The van der Waals surface area contributed by atoms with Crippen molar-refractivity contribution in [3.63, 3.8) is 0 Å². The van der Waals surface area contributed by atoms with Gasteiger partial charge < -0.3 is 10.1 Å². The van der Waals surface area contributed by atoms with E-state index < -0.39 is 0 Å². The van der Waals surface area contributed by atoms with Gasteiger partial charge in [0.05, 0.1) is 18.8 Å². The van der Waals surface area contributed by atoms with Gasteiger partial charge in [-0.05, 0) is 24.6 Å². The second-order valence-corrected chi connectivity index (χ2v) is 4.39. The fourth-order valence-corrected chi connectivity index (χ4v) is 1.92.